The van der Waals surface area contributed by atoms with Crippen molar-refractivity contribution >= 4 is 35.1 Å². The fourth-order valence-corrected chi connectivity index (χ4v) is 2.48. The molecule has 2 aromatic rings. The van der Waals surface area contributed by atoms with E-state index in [4.69, 9.17) is 0 Å². The third-order valence-electron chi connectivity index (χ3n) is 3.29. The molecule has 0 fully saturated rings. The first-order valence-electron chi connectivity index (χ1n) is 7.15. The highest BCUT2D eigenvalue weighted by Gasteiger charge is 2.14. The Kier molecular flexibility index (Phi) is 5.10. The quantitative estimate of drug-likeness (QED) is 0.489. The van der Waals surface area contributed by atoms with Crippen LogP contribution in [0.4, 0.5) is 0 Å². The van der Waals surface area contributed by atoms with Crippen molar-refractivity contribution in [2.24, 2.45) is 4.99 Å². The minimum atomic E-state index is 0.785. The van der Waals surface area contributed by atoms with E-state index in [-0.39, 0.29) is 0 Å². The summed E-state index contributed by atoms with van der Waals surface area (Å²) in [5, 5.41) is 1.15. The van der Waals surface area contributed by atoms with Gasteiger partial charge in [0.1, 0.15) is 5.82 Å². The third-order valence-corrected chi connectivity index (χ3v) is 3.29. The van der Waals surface area contributed by atoms with Gasteiger partial charge in [0.25, 0.3) is 0 Å². The van der Waals surface area contributed by atoms with Gasteiger partial charge in [-0.3, -0.25) is 4.57 Å². The first-order valence-corrected chi connectivity index (χ1v) is 7.15. The summed E-state index contributed by atoms with van der Waals surface area (Å²) in [6, 6.07) is 8.23. The van der Waals surface area contributed by atoms with Crippen LogP contribution in [0.2, 0.25) is 0 Å². The number of para-hydroxylation sites is 1. The first kappa shape index (κ1) is 15.5. The van der Waals surface area contributed by atoms with Gasteiger partial charge in [0.05, 0.1) is 11.2 Å². The number of hydrogen-bond donors (Lipinski definition) is 0. The summed E-state index contributed by atoms with van der Waals surface area (Å²) in [4.78, 5) is 4.48. The summed E-state index contributed by atoms with van der Waals surface area (Å²) < 4.78 is 2.11. The maximum atomic E-state index is 4.48. The van der Waals surface area contributed by atoms with Crippen LogP contribution in [-0.2, 0) is 0 Å². The molecular formula is C20H20N2. The summed E-state index contributed by atoms with van der Waals surface area (Å²) in [5.74, 6) is 0.785. The van der Waals surface area contributed by atoms with Gasteiger partial charge in [0, 0.05) is 17.2 Å². The Balaban J connectivity index is 2.91. The number of benzene rings is 1. The lowest BCUT2D eigenvalue weighted by molar-refractivity contribution is 1.11. The van der Waals surface area contributed by atoms with Crippen LogP contribution in [0.5, 0.6) is 0 Å². The number of rotatable bonds is 6. The van der Waals surface area contributed by atoms with Crippen LogP contribution in [-0.4, -0.2) is 10.8 Å². The van der Waals surface area contributed by atoms with Crippen LogP contribution in [0.15, 0.2) is 73.3 Å². The third kappa shape index (κ3) is 2.77. The highest BCUT2D eigenvalue weighted by molar-refractivity contribution is 5.96. The zero-order valence-corrected chi connectivity index (χ0v) is 12.9. The van der Waals surface area contributed by atoms with E-state index in [0.29, 0.717) is 0 Å². The second-order valence-corrected chi connectivity index (χ2v) is 4.63. The van der Waals surface area contributed by atoms with Gasteiger partial charge in [-0.1, -0.05) is 62.2 Å². The monoisotopic (exact) mass is 288 g/mol. The molecule has 0 radical (unpaired) electrons. The molecule has 1 heterocycles. The summed E-state index contributed by atoms with van der Waals surface area (Å²) in [6.07, 6.45) is 12.9. The molecular weight excluding hydrogens is 268 g/mol. The molecule has 0 amide bonds. The van der Waals surface area contributed by atoms with E-state index < -0.39 is 0 Å². The van der Waals surface area contributed by atoms with Crippen LogP contribution in [0.25, 0.3) is 28.9 Å². The predicted octanol–water partition coefficient (Wildman–Crippen LogP) is 5.56. The van der Waals surface area contributed by atoms with E-state index in [1.54, 1.807) is 18.4 Å². The van der Waals surface area contributed by atoms with Gasteiger partial charge in [-0.2, -0.15) is 0 Å². The smallest absolute Gasteiger partial charge is 0.137 e. The topological polar surface area (TPSA) is 17.3 Å². The molecule has 0 aliphatic heterocycles. The van der Waals surface area contributed by atoms with E-state index in [1.807, 2.05) is 37.3 Å². The van der Waals surface area contributed by atoms with Crippen LogP contribution in [0.3, 0.4) is 0 Å². The molecule has 22 heavy (non-hydrogen) atoms. The number of nitrogens with zero attached hydrogens (tertiary/aromatic N) is 2. The molecule has 2 rings (SSSR count). The molecule has 0 aliphatic rings. The van der Waals surface area contributed by atoms with Gasteiger partial charge >= 0.3 is 0 Å². The van der Waals surface area contributed by atoms with E-state index in [0.717, 1.165) is 28.0 Å². The Morgan fingerprint density at radius 3 is 2.55 bits per heavy atom. The van der Waals surface area contributed by atoms with Gasteiger partial charge in [-0.05, 0) is 25.1 Å². The second kappa shape index (κ2) is 7.23. The van der Waals surface area contributed by atoms with Crippen molar-refractivity contribution in [2.45, 2.75) is 6.92 Å². The molecule has 1 aromatic heterocycles. The maximum absolute atomic E-state index is 4.48. The van der Waals surface area contributed by atoms with E-state index >= 15 is 0 Å². The van der Waals surface area contributed by atoms with Crippen LogP contribution < -0.4 is 0 Å². The molecule has 2 nitrogen and oxygen atoms in total. The molecule has 1 aromatic carbocycles. The predicted molar refractivity (Wildman–Crippen MR) is 99.9 cm³/mol. The van der Waals surface area contributed by atoms with E-state index in [9.17, 15) is 0 Å². The average molecular weight is 288 g/mol. The van der Waals surface area contributed by atoms with E-state index in [2.05, 4.69) is 47.5 Å². The molecule has 0 spiro atoms. The highest BCUT2D eigenvalue weighted by Crippen LogP contribution is 2.31. The maximum Gasteiger partial charge on any atom is 0.137 e. The van der Waals surface area contributed by atoms with Crippen LogP contribution in [0.1, 0.15) is 18.2 Å². The lowest BCUT2D eigenvalue weighted by Crippen LogP contribution is -1.98. The standard InChI is InChI=1S/C20H20N2/c1-5-11-18-16(8-4)17-13-9-10-14-19(17)22(18)20(12-6-2)21-15-7-3/h5-15H,2-4H2,1H3/b11-5-,20-12+,21-15-. The van der Waals surface area contributed by atoms with Crippen molar-refractivity contribution < 1.29 is 0 Å². The van der Waals surface area contributed by atoms with Gasteiger partial charge in [0.2, 0.25) is 0 Å². The Morgan fingerprint density at radius 2 is 1.91 bits per heavy atom. The molecule has 0 bridgehead atoms. The Bertz CT molecular complexity index is 798. The fourth-order valence-electron chi connectivity index (χ4n) is 2.48. The number of aromatic nitrogens is 1. The molecule has 110 valence electrons. The number of fused-ring (bicyclic) bond motifs is 1. The van der Waals surface area contributed by atoms with Gasteiger partial charge < -0.3 is 0 Å². The van der Waals surface area contributed by atoms with Crippen molar-refractivity contribution in [3.8, 4) is 0 Å². The summed E-state index contributed by atoms with van der Waals surface area (Å²) in [7, 11) is 0. The molecule has 0 saturated heterocycles. The van der Waals surface area contributed by atoms with Crippen molar-refractivity contribution in [1.82, 2.24) is 4.57 Å². The number of allylic oxidation sites excluding steroid dienone is 4. The van der Waals surface area contributed by atoms with Gasteiger partial charge in [0.15, 0.2) is 0 Å². The normalized spacial score (nSPS) is 12.3. The summed E-state index contributed by atoms with van der Waals surface area (Å²) in [6.45, 7) is 13.4. The molecule has 0 unspecified atom stereocenters. The largest absolute Gasteiger partial charge is 0.294 e. The van der Waals surface area contributed by atoms with Crippen molar-refractivity contribution in [2.75, 3.05) is 0 Å². The van der Waals surface area contributed by atoms with Crippen molar-refractivity contribution in [3.05, 3.63) is 79.6 Å². The Labute approximate surface area is 131 Å². The van der Waals surface area contributed by atoms with Crippen molar-refractivity contribution in [1.29, 1.82) is 0 Å². The lowest BCUT2D eigenvalue weighted by Gasteiger charge is -2.09. The molecule has 0 atom stereocenters. The SMILES string of the molecule is C=C/C=N\C(=C/C=C)n1c(/C=C\C)c(C=C)c2ccccc21. The molecule has 0 aliphatic carbocycles. The zero-order chi connectivity index (χ0) is 15.9. The van der Waals surface area contributed by atoms with Crippen LogP contribution >= 0.6 is 0 Å². The number of aliphatic imine (C=N–C) groups is 1. The second-order valence-electron chi connectivity index (χ2n) is 4.63. The minimum Gasteiger partial charge on any atom is -0.294 e. The highest BCUT2D eigenvalue weighted by atomic mass is 15.1. The first-order chi connectivity index (χ1) is 10.8. The lowest BCUT2D eigenvalue weighted by atomic mass is 10.1. The van der Waals surface area contributed by atoms with Gasteiger partial charge in [-0.15, -0.1) is 0 Å². The van der Waals surface area contributed by atoms with E-state index in [1.165, 1.54) is 0 Å². The molecule has 2 heteroatoms. The Morgan fingerprint density at radius 1 is 1.14 bits per heavy atom. The molecule has 0 saturated carbocycles. The van der Waals surface area contributed by atoms with Crippen molar-refractivity contribution in [3.63, 3.8) is 0 Å². The molecule has 0 N–H and O–H groups in total. The summed E-state index contributed by atoms with van der Waals surface area (Å²) >= 11 is 0. The van der Waals surface area contributed by atoms with Crippen LogP contribution in [0, 0.1) is 0 Å². The average Bonchev–Trinajstić information content (AvgIpc) is 2.85. The Hall–Kier alpha value is -2.87. The summed E-state index contributed by atoms with van der Waals surface area (Å²) in [5.41, 5.74) is 3.23. The number of hydrogen-bond acceptors (Lipinski definition) is 1. The fraction of sp³-hybridized carbons (Fsp3) is 0.0500. The zero-order valence-electron chi connectivity index (χ0n) is 12.9. The minimum absolute atomic E-state index is 0.785. The van der Waals surface area contributed by atoms with Gasteiger partial charge in [-0.25, -0.2) is 4.99 Å².